The smallest absolute Gasteiger partial charge is 0.322 e. The van der Waals surface area contributed by atoms with Crippen molar-refractivity contribution in [1.82, 2.24) is 16.0 Å². The molecular formula is C18H33N5O7S. The first-order valence-corrected chi connectivity index (χ1v) is 11.3. The molecule has 12 nitrogen and oxygen atoms in total. The van der Waals surface area contributed by atoms with Gasteiger partial charge in [-0.2, -0.15) is 11.8 Å². The summed E-state index contributed by atoms with van der Waals surface area (Å²) in [5, 5.41) is 24.7. The summed E-state index contributed by atoms with van der Waals surface area (Å²) < 4.78 is 0. The number of hydrogen-bond acceptors (Lipinski definition) is 8. The Morgan fingerprint density at radius 1 is 0.871 bits per heavy atom. The molecule has 0 spiro atoms. The van der Waals surface area contributed by atoms with Crippen LogP contribution in [-0.2, 0) is 24.0 Å². The van der Waals surface area contributed by atoms with E-state index >= 15 is 0 Å². The Balaban J connectivity index is 5.17. The second kappa shape index (κ2) is 16.3. The predicted octanol–water partition coefficient (Wildman–Crippen LogP) is -1.77. The van der Waals surface area contributed by atoms with Crippen molar-refractivity contribution < 1.29 is 34.2 Å². The zero-order valence-corrected chi connectivity index (χ0v) is 18.4. The van der Waals surface area contributed by atoms with Crippen molar-refractivity contribution in [3.63, 3.8) is 0 Å². The van der Waals surface area contributed by atoms with Crippen molar-refractivity contribution in [3.8, 4) is 0 Å². The minimum atomic E-state index is -1.22. The van der Waals surface area contributed by atoms with Gasteiger partial charge in [0.05, 0.1) is 6.04 Å². The van der Waals surface area contributed by atoms with E-state index in [1.54, 1.807) is 0 Å². The molecule has 3 atom stereocenters. The van der Waals surface area contributed by atoms with Gasteiger partial charge in [0.1, 0.15) is 18.6 Å². The minimum absolute atomic E-state index is 0.0910. The van der Waals surface area contributed by atoms with Crippen LogP contribution < -0.4 is 27.4 Å². The molecule has 0 aromatic carbocycles. The summed E-state index contributed by atoms with van der Waals surface area (Å²) in [5.74, 6) is -3.71. The van der Waals surface area contributed by atoms with Crippen LogP contribution in [0.5, 0.6) is 0 Å². The number of thioether (sulfide) groups is 1. The fraction of sp³-hybridized carbons (Fsp3) is 0.722. The quantitative estimate of drug-likeness (QED) is 0.120. The maximum Gasteiger partial charge on any atom is 0.322 e. The number of nitrogens with two attached hydrogens (primary N) is 2. The van der Waals surface area contributed by atoms with Crippen molar-refractivity contribution in [2.45, 2.75) is 56.7 Å². The van der Waals surface area contributed by atoms with Crippen LogP contribution in [0.4, 0.5) is 0 Å². The van der Waals surface area contributed by atoms with E-state index in [1.165, 1.54) is 11.8 Å². The summed E-state index contributed by atoms with van der Waals surface area (Å²) in [4.78, 5) is 58.7. The highest BCUT2D eigenvalue weighted by atomic mass is 32.2. The van der Waals surface area contributed by atoms with Gasteiger partial charge in [-0.3, -0.25) is 24.0 Å². The number of carbonyl (C=O) groups excluding carboxylic acids is 3. The molecule has 0 radical (unpaired) electrons. The van der Waals surface area contributed by atoms with Crippen molar-refractivity contribution in [3.05, 3.63) is 0 Å². The lowest BCUT2D eigenvalue weighted by Crippen LogP contribution is -2.56. The van der Waals surface area contributed by atoms with E-state index in [0.29, 0.717) is 25.1 Å². The maximum atomic E-state index is 12.8. The van der Waals surface area contributed by atoms with E-state index in [4.69, 9.17) is 21.7 Å². The van der Waals surface area contributed by atoms with Crippen LogP contribution in [0.15, 0.2) is 0 Å². The molecule has 0 aromatic rings. The molecule has 31 heavy (non-hydrogen) atoms. The van der Waals surface area contributed by atoms with Crippen LogP contribution in [0.25, 0.3) is 0 Å². The van der Waals surface area contributed by atoms with Gasteiger partial charge in [-0.05, 0) is 50.7 Å². The summed E-state index contributed by atoms with van der Waals surface area (Å²) in [6.45, 7) is -0.187. The van der Waals surface area contributed by atoms with Gasteiger partial charge in [-0.1, -0.05) is 0 Å². The lowest BCUT2D eigenvalue weighted by atomic mass is 10.1. The summed E-state index contributed by atoms with van der Waals surface area (Å²) in [6, 6.07) is -3.08. The van der Waals surface area contributed by atoms with E-state index in [-0.39, 0.29) is 25.7 Å². The van der Waals surface area contributed by atoms with Gasteiger partial charge < -0.3 is 37.6 Å². The van der Waals surface area contributed by atoms with E-state index < -0.39 is 54.3 Å². The largest absolute Gasteiger partial charge is 0.481 e. The zero-order chi connectivity index (χ0) is 23.8. The third-order valence-electron chi connectivity index (χ3n) is 4.24. The fourth-order valence-electron chi connectivity index (χ4n) is 2.51. The van der Waals surface area contributed by atoms with Crippen LogP contribution in [0.2, 0.25) is 0 Å². The Kier molecular flexibility index (Phi) is 15.1. The Bertz CT molecular complexity index is 620. The summed E-state index contributed by atoms with van der Waals surface area (Å²) in [6.07, 6.45) is 3.08. The average molecular weight is 464 g/mol. The van der Waals surface area contributed by atoms with E-state index in [1.807, 2.05) is 6.26 Å². The van der Waals surface area contributed by atoms with Crippen LogP contribution in [0.1, 0.15) is 38.5 Å². The highest BCUT2D eigenvalue weighted by Crippen LogP contribution is 2.06. The van der Waals surface area contributed by atoms with E-state index in [0.717, 1.165) is 0 Å². The lowest BCUT2D eigenvalue weighted by Gasteiger charge is -2.24. The van der Waals surface area contributed by atoms with E-state index in [2.05, 4.69) is 16.0 Å². The van der Waals surface area contributed by atoms with Crippen LogP contribution >= 0.6 is 11.8 Å². The third kappa shape index (κ3) is 13.5. The van der Waals surface area contributed by atoms with E-state index in [9.17, 15) is 24.0 Å². The molecular weight excluding hydrogens is 430 g/mol. The van der Waals surface area contributed by atoms with Crippen molar-refractivity contribution in [1.29, 1.82) is 0 Å². The SMILES string of the molecule is CSCCC(NC(=O)C(CCCCN)NC(=O)C(N)CCC(=O)O)C(=O)NCC(=O)O. The average Bonchev–Trinajstić information content (AvgIpc) is 2.72. The Hall–Kier alpha value is -2.38. The summed E-state index contributed by atoms with van der Waals surface area (Å²) >= 11 is 1.45. The molecule has 178 valence electrons. The second-order valence-electron chi connectivity index (χ2n) is 6.84. The van der Waals surface area contributed by atoms with Gasteiger partial charge in [0, 0.05) is 6.42 Å². The normalized spacial score (nSPS) is 13.5. The van der Waals surface area contributed by atoms with Gasteiger partial charge in [0.15, 0.2) is 0 Å². The number of carbonyl (C=O) groups is 5. The summed E-state index contributed by atoms with van der Waals surface area (Å²) in [7, 11) is 0. The first-order valence-electron chi connectivity index (χ1n) is 9.89. The topological polar surface area (TPSA) is 214 Å². The zero-order valence-electron chi connectivity index (χ0n) is 17.6. The standard InChI is InChI=1S/C18H33N5O7S/c1-31-9-7-13(17(29)21-10-15(26)27)23-18(30)12(4-2-3-8-19)22-16(28)11(20)5-6-14(24)25/h11-13H,2-10,19-20H2,1H3,(H,21,29)(H,22,28)(H,23,30)(H,24,25)(H,26,27). The molecule has 0 aromatic heterocycles. The van der Waals surface area contributed by atoms with Crippen molar-refractivity contribution in [2.75, 3.05) is 25.1 Å². The van der Waals surface area contributed by atoms with Crippen molar-refractivity contribution >= 4 is 41.4 Å². The highest BCUT2D eigenvalue weighted by Gasteiger charge is 2.28. The monoisotopic (exact) mass is 463 g/mol. The molecule has 0 aliphatic heterocycles. The van der Waals surface area contributed by atoms with Gasteiger partial charge in [-0.15, -0.1) is 0 Å². The molecule has 0 heterocycles. The number of carboxylic acids is 2. The Labute approximate surface area is 185 Å². The number of carboxylic acid groups (broad SMARTS) is 2. The maximum absolute atomic E-state index is 12.8. The number of nitrogens with one attached hydrogen (secondary N) is 3. The molecule has 0 aliphatic rings. The predicted molar refractivity (Wildman–Crippen MR) is 115 cm³/mol. The first kappa shape index (κ1) is 28.6. The number of hydrogen-bond donors (Lipinski definition) is 7. The highest BCUT2D eigenvalue weighted by molar-refractivity contribution is 7.98. The van der Waals surface area contributed by atoms with Crippen molar-refractivity contribution in [2.24, 2.45) is 11.5 Å². The molecule has 3 unspecified atom stereocenters. The molecule has 0 saturated carbocycles. The molecule has 0 rings (SSSR count). The summed E-state index contributed by atoms with van der Waals surface area (Å²) in [5.41, 5.74) is 11.2. The molecule has 3 amide bonds. The molecule has 13 heteroatoms. The fourth-order valence-corrected chi connectivity index (χ4v) is 2.98. The molecule has 0 fully saturated rings. The molecule has 0 aliphatic carbocycles. The number of rotatable bonds is 17. The van der Waals surface area contributed by atoms with Crippen LogP contribution in [0.3, 0.4) is 0 Å². The molecule has 0 saturated heterocycles. The van der Waals surface area contributed by atoms with Gasteiger partial charge >= 0.3 is 11.9 Å². The Morgan fingerprint density at radius 3 is 2.03 bits per heavy atom. The van der Waals surface area contributed by atoms with Crippen LogP contribution in [-0.4, -0.2) is 83.1 Å². The number of unbranched alkanes of at least 4 members (excludes halogenated alkanes) is 1. The molecule has 9 N–H and O–H groups in total. The number of aliphatic carboxylic acids is 2. The van der Waals surface area contributed by atoms with Gasteiger partial charge in [0.2, 0.25) is 17.7 Å². The third-order valence-corrected chi connectivity index (χ3v) is 4.89. The van der Waals surface area contributed by atoms with Gasteiger partial charge in [-0.25, -0.2) is 0 Å². The first-order chi connectivity index (χ1) is 14.6. The second-order valence-corrected chi connectivity index (χ2v) is 7.82. The number of amides is 3. The lowest BCUT2D eigenvalue weighted by molar-refractivity contribution is -0.139. The minimum Gasteiger partial charge on any atom is -0.481 e. The van der Waals surface area contributed by atoms with Crippen LogP contribution in [0, 0.1) is 0 Å². The van der Waals surface area contributed by atoms with Gasteiger partial charge in [0.25, 0.3) is 0 Å². The molecule has 0 bridgehead atoms. The Morgan fingerprint density at radius 2 is 1.48 bits per heavy atom.